The van der Waals surface area contributed by atoms with Gasteiger partial charge in [0.2, 0.25) is 0 Å². The molecule has 0 spiro atoms. The Morgan fingerprint density at radius 1 is 1.11 bits per heavy atom. The summed E-state index contributed by atoms with van der Waals surface area (Å²) in [6.45, 7) is 6.62. The number of phosphoric ester groups is 1. The van der Waals surface area contributed by atoms with Crippen LogP contribution in [0.1, 0.15) is 52.9 Å². The van der Waals surface area contributed by atoms with Crippen molar-refractivity contribution in [3.8, 4) is 0 Å². The lowest BCUT2D eigenvalue weighted by atomic mass is 9.84. The van der Waals surface area contributed by atoms with Crippen molar-refractivity contribution in [2.75, 3.05) is 19.8 Å². The van der Waals surface area contributed by atoms with Crippen LogP contribution in [-0.2, 0) is 18.1 Å². The van der Waals surface area contributed by atoms with Crippen molar-refractivity contribution in [3.63, 3.8) is 0 Å². The van der Waals surface area contributed by atoms with E-state index in [4.69, 9.17) is 13.6 Å². The highest BCUT2D eigenvalue weighted by atomic mass is 31.2. The maximum absolute atomic E-state index is 12.1. The van der Waals surface area contributed by atoms with Gasteiger partial charge in [0, 0.05) is 0 Å². The highest BCUT2D eigenvalue weighted by Crippen LogP contribution is 2.49. The first-order valence-corrected chi connectivity index (χ1v) is 8.77. The largest absolute Gasteiger partial charge is 0.475 e. The summed E-state index contributed by atoms with van der Waals surface area (Å²) in [7, 11) is -3.36. The van der Waals surface area contributed by atoms with E-state index < -0.39 is 7.82 Å². The summed E-state index contributed by atoms with van der Waals surface area (Å²) in [5, 5.41) is 0. The fourth-order valence-corrected chi connectivity index (χ4v) is 3.53. The first-order chi connectivity index (χ1) is 9.11. The molecule has 1 saturated carbocycles. The van der Waals surface area contributed by atoms with Gasteiger partial charge >= 0.3 is 7.82 Å². The van der Waals surface area contributed by atoms with Gasteiger partial charge in [-0.1, -0.05) is 30.9 Å². The van der Waals surface area contributed by atoms with Gasteiger partial charge in [0.1, 0.15) is 0 Å². The average Bonchev–Trinajstić information content (AvgIpc) is 2.40. The van der Waals surface area contributed by atoms with Crippen LogP contribution in [0.3, 0.4) is 0 Å². The highest BCUT2D eigenvalue weighted by molar-refractivity contribution is 7.48. The SMILES string of the molecule is CCOP(=O)(OCC)OC/C=C(\C)C1CCCCC1. The van der Waals surface area contributed by atoms with Crippen molar-refractivity contribution >= 4 is 7.82 Å². The smallest absolute Gasteiger partial charge is 0.287 e. The van der Waals surface area contributed by atoms with Crippen molar-refractivity contribution in [1.82, 2.24) is 0 Å². The minimum Gasteiger partial charge on any atom is -0.287 e. The average molecular weight is 290 g/mol. The Balaban J connectivity index is 2.43. The van der Waals surface area contributed by atoms with Crippen LogP contribution in [0.4, 0.5) is 0 Å². The Morgan fingerprint density at radius 2 is 1.68 bits per heavy atom. The van der Waals surface area contributed by atoms with E-state index >= 15 is 0 Å². The topological polar surface area (TPSA) is 44.8 Å². The molecular formula is C14H27O4P. The number of allylic oxidation sites excluding steroid dienone is 1. The van der Waals surface area contributed by atoms with Crippen molar-refractivity contribution in [2.45, 2.75) is 52.9 Å². The number of phosphoric acid groups is 1. The fourth-order valence-electron chi connectivity index (χ4n) is 2.41. The van der Waals surface area contributed by atoms with Gasteiger partial charge in [0.25, 0.3) is 0 Å². The summed E-state index contributed by atoms with van der Waals surface area (Å²) in [6, 6.07) is 0. The molecule has 5 heteroatoms. The van der Waals surface area contributed by atoms with Crippen LogP contribution >= 0.6 is 7.82 Å². The molecular weight excluding hydrogens is 263 g/mol. The predicted molar refractivity (Wildman–Crippen MR) is 77.1 cm³/mol. The van der Waals surface area contributed by atoms with Gasteiger partial charge < -0.3 is 0 Å². The molecule has 1 fully saturated rings. The molecule has 4 nitrogen and oxygen atoms in total. The summed E-state index contributed by atoms with van der Waals surface area (Å²) in [5.74, 6) is 0.663. The third-order valence-corrected chi connectivity index (χ3v) is 5.08. The van der Waals surface area contributed by atoms with Gasteiger partial charge in [-0.15, -0.1) is 0 Å². The van der Waals surface area contributed by atoms with Gasteiger partial charge in [-0.2, -0.15) is 0 Å². The second-order valence-electron chi connectivity index (χ2n) is 4.86. The van der Waals surface area contributed by atoms with Crippen molar-refractivity contribution in [2.24, 2.45) is 5.92 Å². The maximum atomic E-state index is 12.1. The van der Waals surface area contributed by atoms with E-state index in [1.54, 1.807) is 13.8 Å². The van der Waals surface area contributed by atoms with E-state index in [1.165, 1.54) is 37.7 Å². The van der Waals surface area contributed by atoms with E-state index in [2.05, 4.69) is 6.92 Å². The third kappa shape index (κ3) is 6.22. The lowest BCUT2D eigenvalue weighted by Gasteiger charge is -2.22. The van der Waals surface area contributed by atoms with E-state index in [1.807, 2.05) is 6.08 Å². The Hall–Kier alpha value is -0.150. The molecule has 0 amide bonds. The first kappa shape index (κ1) is 16.9. The zero-order valence-electron chi connectivity index (χ0n) is 12.4. The van der Waals surface area contributed by atoms with E-state index in [0.29, 0.717) is 25.7 Å². The van der Waals surface area contributed by atoms with Crippen LogP contribution in [0.5, 0.6) is 0 Å². The summed E-state index contributed by atoms with van der Waals surface area (Å²) in [5.41, 5.74) is 1.33. The Morgan fingerprint density at radius 3 is 2.21 bits per heavy atom. The van der Waals surface area contributed by atoms with Crippen LogP contribution in [0.2, 0.25) is 0 Å². The molecule has 1 rings (SSSR count). The molecule has 0 aromatic heterocycles. The van der Waals surface area contributed by atoms with Gasteiger partial charge in [-0.25, -0.2) is 4.57 Å². The molecule has 19 heavy (non-hydrogen) atoms. The molecule has 1 aliphatic rings. The second-order valence-corrected chi connectivity index (χ2v) is 6.53. The molecule has 0 bridgehead atoms. The van der Waals surface area contributed by atoms with Crippen molar-refractivity contribution in [1.29, 1.82) is 0 Å². The van der Waals surface area contributed by atoms with Crippen LogP contribution in [0, 0.1) is 5.92 Å². The number of hydrogen-bond acceptors (Lipinski definition) is 4. The summed E-state index contributed by atoms with van der Waals surface area (Å²) in [6.07, 6.45) is 8.51. The molecule has 0 saturated heterocycles. The Labute approximate surface area is 117 Å². The summed E-state index contributed by atoms with van der Waals surface area (Å²) in [4.78, 5) is 0. The normalized spacial score (nSPS) is 18.8. The maximum Gasteiger partial charge on any atom is 0.475 e. The predicted octanol–water partition coefficient (Wildman–Crippen LogP) is 4.71. The second kappa shape index (κ2) is 8.91. The third-order valence-electron chi connectivity index (χ3n) is 3.46. The lowest BCUT2D eigenvalue weighted by molar-refractivity contribution is 0.131. The molecule has 0 aliphatic heterocycles. The van der Waals surface area contributed by atoms with Crippen molar-refractivity contribution < 1.29 is 18.1 Å². The zero-order valence-corrected chi connectivity index (χ0v) is 13.3. The molecule has 0 N–H and O–H groups in total. The first-order valence-electron chi connectivity index (χ1n) is 7.31. The minimum absolute atomic E-state index is 0.291. The summed E-state index contributed by atoms with van der Waals surface area (Å²) < 4.78 is 27.5. The molecule has 0 aromatic carbocycles. The Bertz CT molecular complexity index is 311. The molecule has 0 atom stereocenters. The van der Waals surface area contributed by atoms with Gasteiger partial charge in [0.05, 0.1) is 19.8 Å². The fraction of sp³-hybridized carbons (Fsp3) is 0.857. The van der Waals surface area contributed by atoms with Crippen molar-refractivity contribution in [3.05, 3.63) is 11.6 Å². The molecule has 0 heterocycles. The van der Waals surface area contributed by atoms with E-state index in [0.717, 1.165) is 0 Å². The lowest BCUT2D eigenvalue weighted by Crippen LogP contribution is -2.08. The molecule has 0 unspecified atom stereocenters. The quantitative estimate of drug-likeness (QED) is 0.479. The minimum atomic E-state index is -3.36. The van der Waals surface area contributed by atoms with Crippen LogP contribution in [0.15, 0.2) is 11.6 Å². The number of rotatable bonds is 8. The molecule has 1 aliphatic carbocycles. The van der Waals surface area contributed by atoms with Gasteiger partial charge in [-0.05, 0) is 39.5 Å². The van der Waals surface area contributed by atoms with Crippen LogP contribution in [0.25, 0.3) is 0 Å². The Kier molecular flexibility index (Phi) is 7.93. The van der Waals surface area contributed by atoms with Crippen LogP contribution < -0.4 is 0 Å². The number of hydrogen-bond donors (Lipinski definition) is 0. The highest BCUT2D eigenvalue weighted by Gasteiger charge is 2.24. The molecule has 0 radical (unpaired) electrons. The van der Waals surface area contributed by atoms with E-state index in [-0.39, 0.29) is 0 Å². The molecule has 0 aromatic rings. The summed E-state index contributed by atoms with van der Waals surface area (Å²) >= 11 is 0. The standard InChI is InChI=1S/C14H27O4P/c1-4-16-19(15,17-5-2)18-12-11-13(3)14-9-7-6-8-10-14/h11,14H,4-10,12H2,1-3H3/b13-11+. The molecule has 112 valence electrons. The van der Waals surface area contributed by atoms with Gasteiger partial charge in [-0.3, -0.25) is 13.6 Å². The van der Waals surface area contributed by atoms with E-state index in [9.17, 15) is 4.57 Å². The monoisotopic (exact) mass is 290 g/mol. The van der Waals surface area contributed by atoms with Gasteiger partial charge in [0.15, 0.2) is 0 Å². The van der Waals surface area contributed by atoms with Crippen LogP contribution in [-0.4, -0.2) is 19.8 Å². The zero-order chi connectivity index (χ0) is 14.1.